The van der Waals surface area contributed by atoms with Crippen LogP contribution in [-0.2, 0) is 5.54 Å². The first-order valence-corrected chi connectivity index (χ1v) is 12.9. The molecule has 2 atom stereocenters. The summed E-state index contributed by atoms with van der Waals surface area (Å²) in [6.07, 6.45) is 3.71. The molecule has 1 unspecified atom stereocenters. The number of carbonyl (C=O) groups is 1. The lowest BCUT2D eigenvalue weighted by atomic mass is 9.49. The number of aromatic nitrogens is 1. The molecule has 3 aliphatic carbocycles. The number of alkyl halides is 2. The first kappa shape index (κ1) is 23.6. The van der Waals surface area contributed by atoms with Crippen LogP contribution in [0.15, 0.2) is 35.3 Å². The van der Waals surface area contributed by atoms with Crippen molar-refractivity contribution in [1.82, 2.24) is 14.8 Å². The smallest absolute Gasteiger partial charge is 0.266 e. The van der Waals surface area contributed by atoms with Crippen LogP contribution in [0.2, 0.25) is 0 Å². The van der Waals surface area contributed by atoms with E-state index in [-0.39, 0.29) is 22.7 Å². The molecule has 3 saturated carbocycles. The van der Waals surface area contributed by atoms with E-state index in [4.69, 9.17) is 0 Å². The lowest BCUT2D eigenvalue weighted by Crippen LogP contribution is -2.62. The van der Waals surface area contributed by atoms with E-state index in [0.717, 1.165) is 57.8 Å². The van der Waals surface area contributed by atoms with Gasteiger partial charge in [0.25, 0.3) is 17.9 Å². The molecule has 6 nitrogen and oxygen atoms in total. The number of rotatable bonds is 7. The number of hydrogen-bond acceptors (Lipinski definition) is 4. The molecule has 8 rings (SSSR count). The number of fused-ring (bicyclic) bond motifs is 3. The van der Waals surface area contributed by atoms with Crippen LogP contribution < -0.4 is 16.2 Å². The molecule has 3 aliphatic heterocycles. The summed E-state index contributed by atoms with van der Waals surface area (Å²) in [6, 6.07) is 4.65. The first-order valence-electron chi connectivity index (χ1n) is 12.9. The van der Waals surface area contributed by atoms with Gasteiger partial charge in [0.2, 0.25) is 0 Å². The second-order valence-electron chi connectivity index (χ2n) is 11.1. The number of amides is 1. The van der Waals surface area contributed by atoms with Crippen LogP contribution >= 0.6 is 0 Å². The van der Waals surface area contributed by atoms with Gasteiger partial charge in [-0.1, -0.05) is 18.2 Å². The zero-order valence-corrected chi connectivity index (χ0v) is 20.3. The van der Waals surface area contributed by atoms with Crippen molar-refractivity contribution < 1.29 is 18.0 Å². The van der Waals surface area contributed by atoms with Crippen molar-refractivity contribution in [2.45, 2.75) is 63.1 Å². The molecule has 9 heteroatoms. The van der Waals surface area contributed by atoms with Crippen molar-refractivity contribution in [2.24, 2.45) is 11.8 Å². The van der Waals surface area contributed by atoms with Crippen molar-refractivity contribution >= 4 is 11.6 Å². The van der Waals surface area contributed by atoms with Crippen LogP contribution in [0.3, 0.4) is 0 Å². The number of nitrogens with one attached hydrogen (secondary N) is 2. The predicted molar refractivity (Wildman–Crippen MR) is 130 cm³/mol. The molecule has 1 aromatic heterocycles. The van der Waals surface area contributed by atoms with E-state index in [1.807, 2.05) is 0 Å². The van der Waals surface area contributed by atoms with Gasteiger partial charge in [0.1, 0.15) is 5.82 Å². The minimum absolute atomic E-state index is 0.000734. The fourth-order valence-electron chi connectivity index (χ4n) is 6.68. The zero-order chi connectivity index (χ0) is 25.2. The second-order valence-corrected chi connectivity index (χ2v) is 11.1. The Bertz CT molecular complexity index is 1240. The highest BCUT2D eigenvalue weighted by Gasteiger charge is 2.58. The summed E-state index contributed by atoms with van der Waals surface area (Å²) in [6.45, 7) is 4.58. The third-order valence-corrected chi connectivity index (χ3v) is 8.92. The number of hydrogen-bond donors (Lipinski definition) is 2. The van der Waals surface area contributed by atoms with Gasteiger partial charge in [-0.15, -0.1) is 0 Å². The normalized spacial score (nSPS) is 30.9. The first-order chi connectivity index (χ1) is 17.2. The van der Waals surface area contributed by atoms with Crippen LogP contribution in [0, 0.1) is 17.7 Å². The molecule has 4 heterocycles. The summed E-state index contributed by atoms with van der Waals surface area (Å²) < 4.78 is 42.8. The van der Waals surface area contributed by atoms with E-state index < -0.39 is 29.8 Å². The average Bonchev–Trinajstić information content (AvgIpc) is 2.79. The Morgan fingerprint density at radius 3 is 2.42 bits per heavy atom. The Hall–Kier alpha value is -2.81. The van der Waals surface area contributed by atoms with Crippen molar-refractivity contribution in [3.05, 3.63) is 63.3 Å². The molecule has 192 valence electrons. The van der Waals surface area contributed by atoms with Gasteiger partial charge in [0, 0.05) is 36.0 Å². The standard InChI is InChI=1S/C27H31F3N4O2/c1-15(18-3-2-4-19(24(18)28)25(29)30)31-26(36)20-13-34(27-10-16(11-27)12-27)23(35)9-21(20)32-22-14-33-7-5-17(22)6-8-33/h2-4,9,13,15-17,22,25,32H,5-8,10-12,14H2,1H3,(H,31,36)/t15-,16?,22?,27?/m1/s1. The number of nitrogens with zero attached hydrogens (tertiary/aromatic N) is 2. The van der Waals surface area contributed by atoms with E-state index in [2.05, 4.69) is 15.5 Å². The minimum atomic E-state index is -2.94. The SMILES string of the molecule is C[C@@H](NC(=O)c1cn(C23CC(C2)C3)c(=O)cc1NC1CN2CCC1CC2)c1cccc(C(F)F)c1F. The highest BCUT2D eigenvalue weighted by molar-refractivity contribution is 5.99. The number of pyridine rings is 1. The van der Waals surface area contributed by atoms with Gasteiger partial charge in [-0.05, 0) is 64.0 Å². The summed E-state index contributed by atoms with van der Waals surface area (Å²) in [4.78, 5) is 29.1. The van der Waals surface area contributed by atoms with Crippen molar-refractivity contribution in [2.75, 3.05) is 25.0 Å². The Morgan fingerprint density at radius 1 is 1.14 bits per heavy atom. The molecule has 2 aromatic rings. The number of piperidine rings is 3. The molecule has 3 saturated heterocycles. The van der Waals surface area contributed by atoms with E-state index in [0.29, 0.717) is 23.1 Å². The Morgan fingerprint density at radius 2 is 1.83 bits per heavy atom. The maximum atomic E-state index is 14.7. The fraction of sp³-hybridized carbons (Fsp3) is 0.556. The van der Waals surface area contributed by atoms with Crippen molar-refractivity contribution in [3.8, 4) is 0 Å². The van der Waals surface area contributed by atoms with E-state index >= 15 is 0 Å². The fourth-order valence-corrected chi connectivity index (χ4v) is 6.68. The minimum Gasteiger partial charge on any atom is -0.380 e. The Labute approximate surface area is 207 Å². The molecule has 4 bridgehead atoms. The van der Waals surface area contributed by atoms with Gasteiger partial charge in [-0.25, -0.2) is 13.2 Å². The van der Waals surface area contributed by atoms with Crippen LogP contribution in [-0.4, -0.2) is 41.1 Å². The van der Waals surface area contributed by atoms with Crippen LogP contribution in [0.5, 0.6) is 0 Å². The maximum absolute atomic E-state index is 14.7. The number of anilines is 1. The summed E-state index contributed by atoms with van der Waals surface area (Å²) in [5, 5.41) is 6.28. The molecule has 1 amide bonds. The van der Waals surface area contributed by atoms with Gasteiger partial charge >= 0.3 is 0 Å². The quantitative estimate of drug-likeness (QED) is 0.590. The summed E-state index contributed by atoms with van der Waals surface area (Å²) in [5.41, 5.74) is -0.205. The van der Waals surface area contributed by atoms with E-state index in [1.165, 1.54) is 18.2 Å². The molecule has 0 spiro atoms. The van der Waals surface area contributed by atoms with Crippen LogP contribution in [0.25, 0.3) is 0 Å². The highest BCUT2D eigenvalue weighted by Crippen LogP contribution is 2.61. The topological polar surface area (TPSA) is 66.4 Å². The second kappa shape index (κ2) is 8.64. The van der Waals surface area contributed by atoms with E-state index in [9.17, 15) is 22.8 Å². The van der Waals surface area contributed by atoms with Crippen molar-refractivity contribution in [3.63, 3.8) is 0 Å². The third-order valence-electron chi connectivity index (χ3n) is 8.92. The summed E-state index contributed by atoms with van der Waals surface area (Å²) in [7, 11) is 0. The van der Waals surface area contributed by atoms with Crippen LogP contribution in [0.1, 0.15) is 73.0 Å². The monoisotopic (exact) mass is 500 g/mol. The molecule has 6 fully saturated rings. The van der Waals surface area contributed by atoms with Gasteiger partial charge in [0.05, 0.1) is 22.9 Å². The van der Waals surface area contributed by atoms with Crippen molar-refractivity contribution in [1.29, 1.82) is 0 Å². The molecule has 6 aliphatic rings. The predicted octanol–water partition coefficient (Wildman–Crippen LogP) is 4.43. The summed E-state index contributed by atoms with van der Waals surface area (Å²) >= 11 is 0. The Kier molecular flexibility index (Phi) is 5.66. The molecule has 2 N–H and O–H groups in total. The number of carbonyl (C=O) groups excluding carboxylic acids is 1. The lowest BCUT2D eigenvalue weighted by Gasteiger charge is -2.62. The van der Waals surface area contributed by atoms with E-state index in [1.54, 1.807) is 17.7 Å². The third kappa shape index (κ3) is 3.83. The number of benzene rings is 1. The zero-order valence-electron chi connectivity index (χ0n) is 20.3. The largest absolute Gasteiger partial charge is 0.380 e. The van der Waals surface area contributed by atoms with Gasteiger partial charge < -0.3 is 20.1 Å². The highest BCUT2D eigenvalue weighted by atomic mass is 19.3. The molecule has 1 aromatic carbocycles. The molecular formula is C27H31F3N4O2. The molecule has 36 heavy (non-hydrogen) atoms. The van der Waals surface area contributed by atoms with Gasteiger partial charge in [-0.3, -0.25) is 9.59 Å². The Balaban J connectivity index is 1.31. The van der Waals surface area contributed by atoms with Crippen LogP contribution in [0.4, 0.5) is 18.9 Å². The molecular weight excluding hydrogens is 469 g/mol. The maximum Gasteiger partial charge on any atom is 0.266 e. The molecule has 0 radical (unpaired) electrons. The van der Waals surface area contributed by atoms with Gasteiger partial charge in [-0.2, -0.15) is 0 Å². The van der Waals surface area contributed by atoms with Gasteiger partial charge in [0.15, 0.2) is 0 Å². The average molecular weight is 501 g/mol. The lowest BCUT2D eigenvalue weighted by molar-refractivity contribution is -0.0914. The summed E-state index contributed by atoms with van der Waals surface area (Å²) in [5.74, 6) is -0.335. The number of halogens is 3.